The van der Waals surface area contributed by atoms with E-state index in [0.717, 1.165) is 13.1 Å². The lowest BCUT2D eigenvalue weighted by atomic mass is 10.4. The number of nitrogens with zero attached hydrogens (tertiary/aromatic N) is 1. The Morgan fingerprint density at radius 2 is 2.45 bits per heavy atom. The number of nitrogens with one attached hydrogen (secondary N) is 2. The Morgan fingerprint density at radius 1 is 1.55 bits per heavy atom. The van der Waals surface area contributed by atoms with E-state index in [2.05, 4.69) is 22.5 Å². The van der Waals surface area contributed by atoms with E-state index >= 15 is 0 Å². The molecule has 0 aliphatic carbocycles. The van der Waals surface area contributed by atoms with E-state index in [1.807, 2.05) is 11.8 Å². The van der Waals surface area contributed by atoms with E-state index in [0.29, 0.717) is 11.5 Å². The summed E-state index contributed by atoms with van der Waals surface area (Å²) in [5, 5.41) is 7.28. The van der Waals surface area contributed by atoms with E-state index in [-0.39, 0.29) is 0 Å². The van der Waals surface area contributed by atoms with Crippen LogP contribution in [0, 0.1) is 0 Å². The van der Waals surface area contributed by atoms with Crippen LogP contribution in [0.25, 0.3) is 0 Å². The van der Waals surface area contributed by atoms with Gasteiger partial charge >= 0.3 is 0 Å². The first-order valence-corrected chi connectivity index (χ1v) is 5.03. The van der Waals surface area contributed by atoms with Gasteiger partial charge in [0.25, 0.3) is 0 Å². The molecule has 1 fully saturated rings. The largest absolute Gasteiger partial charge is 0.302 e. The Bertz CT molecular complexity index is 175. The minimum atomic E-state index is 0.322. The molecule has 11 heavy (non-hydrogen) atoms. The van der Waals surface area contributed by atoms with Crippen LogP contribution in [0.3, 0.4) is 0 Å². The molecule has 2 rings (SSSR count). The Balaban J connectivity index is 1.95. The fourth-order valence-electron chi connectivity index (χ4n) is 1.40. The summed E-state index contributed by atoms with van der Waals surface area (Å²) in [6.07, 6.45) is 0.322. The van der Waals surface area contributed by atoms with E-state index in [1.54, 1.807) is 0 Å². The van der Waals surface area contributed by atoms with Crippen molar-refractivity contribution in [2.75, 3.05) is 18.8 Å². The van der Waals surface area contributed by atoms with Crippen molar-refractivity contribution in [3.05, 3.63) is 0 Å². The topological polar surface area (TPSA) is 36.4 Å². The zero-order chi connectivity index (χ0) is 7.68. The molecule has 0 radical (unpaired) electrons. The van der Waals surface area contributed by atoms with E-state index in [1.165, 1.54) is 11.5 Å². The second kappa shape index (κ2) is 3.13. The molecule has 0 aromatic rings. The average Bonchev–Trinajstić information content (AvgIpc) is 2.55. The predicted molar refractivity (Wildman–Crippen MR) is 49.1 cm³/mol. The van der Waals surface area contributed by atoms with Gasteiger partial charge in [-0.25, -0.2) is 0 Å². The third kappa shape index (κ3) is 1.58. The fraction of sp³-hybridized carbons (Fsp3) is 0.857. The van der Waals surface area contributed by atoms with Crippen molar-refractivity contribution in [1.82, 2.24) is 10.6 Å². The van der Waals surface area contributed by atoms with Crippen LogP contribution in [0.1, 0.15) is 6.92 Å². The van der Waals surface area contributed by atoms with Crippen molar-refractivity contribution in [3.63, 3.8) is 0 Å². The van der Waals surface area contributed by atoms with Gasteiger partial charge in [0.15, 0.2) is 0 Å². The van der Waals surface area contributed by atoms with Gasteiger partial charge in [0.05, 0.1) is 5.37 Å². The predicted octanol–water partition coefficient (Wildman–Crippen LogP) is 0.0391. The monoisotopic (exact) mass is 171 g/mol. The zero-order valence-corrected chi connectivity index (χ0v) is 7.45. The molecule has 2 heterocycles. The highest BCUT2D eigenvalue weighted by atomic mass is 32.2. The molecule has 0 amide bonds. The molecule has 2 aliphatic heterocycles. The lowest BCUT2D eigenvalue weighted by molar-refractivity contribution is 0.528. The molecular weight excluding hydrogens is 158 g/mol. The number of rotatable bonds is 1. The van der Waals surface area contributed by atoms with Gasteiger partial charge in [-0.15, -0.1) is 11.8 Å². The average molecular weight is 171 g/mol. The first kappa shape index (κ1) is 7.58. The maximum absolute atomic E-state index is 4.49. The highest BCUT2D eigenvalue weighted by molar-refractivity contribution is 8.00. The minimum absolute atomic E-state index is 0.322. The molecule has 2 aliphatic rings. The van der Waals surface area contributed by atoms with Gasteiger partial charge < -0.3 is 5.32 Å². The first-order valence-electron chi connectivity index (χ1n) is 3.98. The minimum Gasteiger partial charge on any atom is -0.302 e. The molecule has 0 saturated carbocycles. The lowest BCUT2D eigenvalue weighted by Gasteiger charge is -2.14. The van der Waals surface area contributed by atoms with Crippen molar-refractivity contribution < 1.29 is 0 Å². The molecule has 0 aromatic carbocycles. The zero-order valence-electron chi connectivity index (χ0n) is 6.63. The quantitative estimate of drug-likeness (QED) is 0.585. The highest BCUT2D eigenvalue weighted by Crippen LogP contribution is 2.19. The van der Waals surface area contributed by atoms with Gasteiger partial charge in [-0.1, -0.05) is 0 Å². The van der Waals surface area contributed by atoms with Gasteiger partial charge in [0.2, 0.25) is 0 Å². The van der Waals surface area contributed by atoms with Crippen molar-refractivity contribution in [1.29, 1.82) is 0 Å². The second-order valence-corrected chi connectivity index (χ2v) is 4.19. The molecule has 3 nitrogen and oxygen atoms in total. The van der Waals surface area contributed by atoms with Crippen LogP contribution in [-0.2, 0) is 0 Å². The van der Waals surface area contributed by atoms with Gasteiger partial charge in [-0.2, -0.15) is 0 Å². The highest BCUT2D eigenvalue weighted by Gasteiger charge is 2.26. The van der Waals surface area contributed by atoms with Crippen molar-refractivity contribution in [2.45, 2.75) is 18.5 Å². The lowest BCUT2D eigenvalue weighted by Crippen LogP contribution is -2.39. The summed E-state index contributed by atoms with van der Waals surface area (Å²) in [5.41, 5.74) is 1.23. The molecule has 2 N–H and O–H groups in total. The molecule has 4 heteroatoms. The van der Waals surface area contributed by atoms with Crippen LogP contribution in [0.4, 0.5) is 0 Å². The summed E-state index contributed by atoms with van der Waals surface area (Å²) >= 11 is 1.96. The normalized spacial score (nSPS) is 37.7. The summed E-state index contributed by atoms with van der Waals surface area (Å²) < 4.78 is 0. The first-order chi connectivity index (χ1) is 5.36. The standard InChI is InChI=1S/C7H13N3S/c1-5-4-9-6(10-5)7-8-2-3-11-7/h6-9H,2-4H2,1H3. The van der Waals surface area contributed by atoms with Crippen LogP contribution in [0.15, 0.2) is 4.99 Å². The Morgan fingerprint density at radius 3 is 3.00 bits per heavy atom. The van der Waals surface area contributed by atoms with Crippen molar-refractivity contribution >= 4 is 17.5 Å². The van der Waals surface area contributed by atoms with E-state index in [4.69, 9.17) is 0 Å². The van der Waals surface area contributed by atoms with Gasteiger partial charge in [0.1, 0.15) is 6.17 Å². The smallest absolute Gasteiger partial charge is 0.125 e. The van der Waals surface area contributed by atoms with Crippen molar-refractivity contribution in [3.8, 4) is 0 Å². The van der Waals surface area contributed by atoms with E-state index < -0.39 is 0 Å². The van der Waals surface area contributed by atoms with Crippen LogP contribution in [-0.4, -0.2) is 36.1 Å². The molecule has 2 unspecified atom stereocenters. The molecule has 0 aromatic heterocycles. The molecule has 1 saturated heterocycles. The number of hydrogen-bond donors (Lipinski definition) is 2. The van der Waals surface area contributed by atoms with Crippen molar-refractivity contribution in [2.24, 2.45) is 4.99 Å². The summed E-state index contributed by atoms with van der Waals surface area (Å²) in [6, 6.07) is 0. The third-order valence-electron chi connectivity index (χ3n) is 1.96. The summed E-state index contributed by atoms with van der Waals surface area (Å²) in [5.74, 6) is 1.22. The Kier molecular flexibility index (Phi) is 2.16. The van der Waals surface area contributed by atoms with E-state index in [9.17, 15) is 0 Å². The fourth-order valence-corrected chi connectivity index (χ4v) is 2.47. The SMILES string of the molecule is CC1=NC(C2NCCS2)NC1. The Hall–Kier alpha value is -0.0600. The maximum atomic E-state index is 4.49. The molecular formula is C7H13N3S. The van der Waals surface area contributed by atoms with Gasteiger partial charge in [-0.05, 0) is 6.92 Å². The summed E-state index contributed by atoms with van der Waals surface area (Å²) in [6.45, 7) is 4.16. The summed E-state index contributed by atoms with van der Waals surface area (Å²) in [7, 11) is 0. The Labute approximate surface area is 71.0 Å². The van der Waals surface area contributed by atoms with Crippen LogP contribution in [0.2, 0.25) is 0 Å². The molecule has 2 atom stereocenters. The molecule has 62 valence electrons. The van der Waals surface area contributed by atoms with Crippen LogP contribution in [0.5, 0.6) is 0 Å². The van der Waals surface area contributed by atoms with Crippen LogP contribution < -0.4 is 10.6 Å². The molecule has 0 spiro atoms. The molecule has 0 bridgehead atoms. The van der Waals surface area contributed by atoms with Gasteiger partial charge in [-0.3, -0.25) is 10.3 Å². The third-order valence-corrected chi connectivity index (χ3v) is 3.18. The van der Waals surface area contributed by atoms with Crippen LogP contribution >= 0.6 is 11.8 Å². The number of hydrogen-bond acceptors (Lipinski definition) is 4. The maximum Gasteiger partial charge on any atom is 0.125 e. The van der Waals surface area contributed by atoms with Gasteiger partial charge in [0, 0.05) is 24.6 Å². The number of aliphatic imine (C=N–C) groups is 1. The number of thioether (sulfide) groups is 1. The summed E-state index contributed by atoms with van der Waals surface area (Å²) in [4.78, 5) is 4.49. The second-order valence-electron chi connectivity index (χ2n) is 2.94.